The van der Waals surface area contributed by atoms with Crippen molar-refractivity contribution in [2.75, 3.05) is 26.2 Å². The zero-order chi connectivity index (χ0) is 15.5. The van der Waals surface area contributed by atoms with Crippen molar-refractivity contribution in [3.05, 3.63) is 57.5 Å². The van der Waals surface area contributed by atoms with Crippen LogP contribution < -0.4 is 0 Å². The van der Waals surface area contributed by atoms with Crippen LogP contribution in [-0.2, 0) is 4.74 Å². The Bertz CT molecular complexity index is 617. The fraction of sp³-hybridized carbons (Fsp3) is 0.412. The molecule has 3 nitrogen and oxygen atoms in total. The summed E-state index contributed by atoms with van der Waals surface area (Å²) in [5.74, 6) is -0.266. The number of halogens is 1. The molecule has 3 rings (SSSR count). The Morgan fingerprint density at radius 1 is 1.45 bits per heavy atom. The molecule has 2 heterocycles. The highest BCUT2D eigenvalue weighted by molar-refractivity contribution is 7.07. The average molecular weight is 321 g/mol. The van der Waals surface area contributed by atoms with Gasteiger partial charge in [0.25, 0.3) is 0 Å². The van der Waals surface area contributed by atoms with E-state index in [4.69, 9.17) is 4.74 Å². The Balaban J connectivity index is 1.64. The maximum absolute atomic E-state index is 13.2. The summed E-state index contributed by atoms with van der Waals surface area (Å²) in [6.07, 6.45) is -0.539. The lowest BCUT2D eigenvalue weighted by Gasteiger charge is -2.34. The van der Waals surface area contributed by atoms with E-state index in [1.165, 1.54) is 17.7 Å². The molecule has 0 spiro atoms. The zero-order valence-electron chi connectivity index (χ0n) is 12.5. The summed E-state index contributed by atoms with van der Waals surface area (Å²) in [5, 5.41) is 14.6. The summed E-state index contributed by atoms with van der Waals surface area (Å²) in [5.41, 5.74) is 2.78. The van der Waals surface area contributed by atoms with Gasteiger partial charge in [0, 0.05) is 19.6 Å². The Morgan fingerprint density at radius 3 is 3.05 bits per heavy atom. The van der Waals surface area contributed by atoms with Gasteiger partial charge in [0.05, 0.1) is 18.8 Å². The first kappa shape index (κ1) is 15.6. The number of hydrogen-bond acceptors (Lipinski definition) is 4. The van der Waals surface area contributed by atoms with Crippen molar-refractivity contribution in [1.82, 2.24) is 4.90 Å². The SMILES string of the molecule is Cc1cc(F)ccc1C(O)CN1CCOC(c2ccsc2)C1. The molecule has 0 aliphatic carbocycles. The van der Waals surface area contributed by atoms with Crippen LogP contribution in [0.3, 0.4) is 0 Å². The van der Waals surface area contributed by atoms with Gasteiger partial charge < -0.3 is 9.84 Å². The molecule has 2 aromatic rings. The number of aryl methyl sites for hydroxylation is 1. The first-order valence-electron chi connectivity index (χ1n) is 7.43. The minimum absolute atomic E-state index is 0.0708. The van der Waals surface area contributed by atoms with Gasteiger partial charge in [-0.3, -0.25) is 4.90 Å². The highest BCUT2D eigenvalue weighted by Gasteiger charge is 2.24. The molecular formula is C17H20FNO2S. The molecule has 1 fully saturated rings. The van der Waals surface area contributed by atoms with Crippen molar-refractivity contribution >= 4 is 11.3 Å². The molecule has 0 saturated carbocycles. The van der Waals surface area contributed by atoms with Gasteiger partial charge in [-0.25, -0.2) is 4.39 Å². The van der Waals surface area contributed by atoms with Crippen LogP contribution in [0.5, 0.6) is 0 Å². The van der Waals surface area contributed by atoms with Crippen molar-refractivity contribution in [2.45, 2.75) is 19.1 Å². The molecular weight excluding hydrogens is 301 g/mol. The Hall–Kier alpha value is -1.27. The van der Waals surface area contributed by atoms with Crippen molar-refractivity contribution in [1.29, 1.82) is 0 Å². The number of benzene rings is 1. The molecule has 2 atom stereocenters. The van der Waals surface area contributed by atoms with Crippen LogP contribution in [0, 0.1) is 12.7 Å². The van der Waals surface area contributed by atoms with Gasteiger partial charge in [-0.2, -0.15) is 11.3 Å². The molecule has 1 aliphatic heterocycles. The lowest BCUT2D eigenvalue weighted by molar-refractivity contribution is -0.0422. The number of rotatable bonds is 4. The number of aliphatic hydroxyl groups excluding tert-OH is 1. The first-order valence-corrected chi connectivity index (χ1v) is 8.38. The predicted octanol–water partition coefficient (Wildman–Crippen LogP) is 3.30. The van der Waals surface area contributed by atoms with Gasteiger partial charge in [0.15, 0.2) is 0 Å². The van der Waals surface area contributed by atoms with Gasteiger partial charge in [-0.1, -0.05) is 6.07 Å². The number of hydrogen-bond donors (Lipinski definition) is 1. The van der Waals surface area contributed by atoms with E-state index in [1.54, 1.807) is 17.4 Å². The van der Waals surface area contributed by atoms with Crippen LogP contribution in [0.1, 0.15) is 28.9 Å². The fourth-order valence-electron chi connectivity index (χ4n) is 2.88. The highest BCUT2D eigenvalue weighted by atomic mass is 32.1. The van der Waals surface area contributed by atoms with E-state index in [1.807, 2.05) is 12.3 Å². The number of β-amino-alcohol motifs (C(OH)–C–C–N with tert-alkyl or cyclic N) is 1. The van der Waals surface area contributed by atoms with Gasteiger partial charge >= 0.3 is 0 Å². The summed E-state index contributed by atoms with van der Waals surface area (Å²) in [6, 6.07) is 6.62. The monoisotopic (exact) mass is 321 g/mol. The van der Waals surface area contributed by atoms with Gasteiger partial charge in [0.2, 0.25) is 0 Å². The Morgan fingerprint density at radius 2 is 2.32 bits per heavy atom. The molecule has 1 N–H and O–H groups in total. The third-order valence-corrected chi connectivity index (χ3v) is 4.79. The number of morpholine rings is 1. The van der Waals surface area contributed by atoms with E-state index in [0.717, 1.165) is 24.2 Å². The lowest BCUT2D eigenvalue weighted by atomic mass is 10.0. The van der Waals surface area contributed by atoms with Crippen molar-refractivity contribution in [3.63, 3.8) is 0 Å². The van der Waals surface area contributed by atoms with E-state index in [0.29, 0.717) is 13.2 Å². The standard InChI is InChI=1S/C17H20FNO2S/c1-12-8-14(18)2-3-15(12)16(20)9-19-5-6-21-17(10-19)13-4-7-22-11-13/h2-4,7-8,11,16-17,20H,5-6,9-10H2,1H3. The second-order valence-electron chi connectivity index (χ2n) is 5.69. The topological polar surface area (TPSA) is 32.7 Å². The normalized spacial score (nSPS) is 21.0. The van der Waals surface area contributed by atoms with Gasteiger partial charge in [0.1, 0.15) is 5.82 Å². The van der Waals surface area contributed by atoms with Crippen LogP contribution in [0.4, 0.5) is 4.39 Å². The van der Waals surface area contributed by atoms with E-state index < -0.39 is 6.10 Å². The second kappa shape index (κ2) is 6.87. The maximum atomic E-state index is 13.2. The Labute approximate surface area is 134 Å². The first-order chi connectivity index (χ1) is 10.6. The van der Waals surface area contributed by atoms with Gasteiger partial charge in [-0.05, 0) is 52.6 Å². The summed E-state index contributed by atoms with van der Waals surface area (Å²) < 4.78 is 19.0. The quantitative estimate of drug-likeness (QED) is 0.938. The van der Waals surface area contributed by atoms with Crippen LogP contribution in [0.2, 0.25) is 0 Å². The predicted molar refractivity (Wildman–Crippen MR) is 85.5 cm³/mol. The van der Waals surface area contributed by atoms with Gasteiger partial charge in [-0.15, -0.1) is 0 Å². The van der Waals surface area contributed by atoms with Crippen LogP contribution in [-0.4, -0.2) is 36.2 Å². The van der Waals surface area contributed by atoms with Crippen molar-refractivity contribution in [2.24, 2.45) is 0 Å². The summed E-state index contributed by atoms with van der Waals surface area (Å²) in [4.78, 5) is 2.21. The minimum Gasteiger partial charge on any atom is -0.387 e. The molecule has 0 amide bonds. The molecule has 0 bridgehead atoms. The molecule has 2 unspecified atom stereocenters. The fourth-order valence-corrected chi connectivity index (χ4v) is 3.59. The smallest absolute Gasteiger partial charge is 0.123 e. The average Bonchev–Trinajstić information content (AvgIpc) is 3.01. The molecule has 1 aliphatic rings. The van der Waals surface area contributed by atoms with E-state index in [9.17, 15) is 9.50 Å². The van der Waals surface area contributed by atoms with E-state index in [-0.39, 0.29) is 11.9 Å². The number of nitrogens with zero attached hydrogens (tertiary/aromatic N) is 1. The zero-order valence-corrected chi connectivity index (χ0v) is 13.4. The Kier molecular flexibility index (Phi) is 4.88. The second-order valence-corrected chi connectivity index (χ2v) is 6.47. The van der Waals surface area contributed by atoms with E-state index >= 15 is 0 Å². The van der Waals surface area contributed by atoms with Crippen molar-refractivity contribution in [3.8, 4) is 0 Å². The molecule has 1 aromatic heterocycles. The molecule has 0 radical (unpaired) electrons. The largest absolute Gasteiger partial charge is 0.387 e. The number of aliphatic hydroxyl groups is 1. The molecule has 22 heavy (non-hydrogen) atoms. The molecule has 1 saturated heterocycles. The molecule has 5 heteroatoms. The third-order valence-electron chi connectivity index (χ3n) is 4.09. The van der Waals surface area contributed by atoms with Crippen LogP contribution >= 0.6 is 11.3 Å². The van der Waals surface area contributed by atoms with Crippen LogP contribution in [0.25, 0.3) is 0 Å². The maximum Gasteiger partial charge on any atom is 0.123 e. The summed E-state index contributed by atoms with van der Waals surface area (Å²) >= 11 is 1.67. The summed E-state index contributed by atoms with van der Waals surface area (Å²) in [6.45, 7) is 4.60. The van der Waals surface area contributed by atoms with Crippen LogP contribution in [0.15, 0.2) is 35.0 Å². The molecule has 118 valence electrons. The minimum atomic E-state index is -0.609. The highest BCUT2D eigenvalue weighted by Crippen LogP contribution is 2.26. The lowest BCUT2D eigenvalue weighted by Crippen LogP contribution is -2.40. The third kappa shape index (κ3) is 3.55. The van der Waals surface area contributed by atoms with Crippen molar-refractivity contribution < 1.29 is 14.2 Å². The number of thiophene rings is 1. The van der Waals surface area contributed by atoms with E-state index in [2.05, 4.69) is 16.3 Å². The summed E-state index contributed by atoms with van der Waals surface area (Å²) in [7, 11) is 0. The molecule has 1 aromatic carbocycles. The number of ether oxygens (including phenoxy) is 1.